The molecule has 0 fully saturated rings. The standard InChI is InChI=1S/C13H10Cl2N2/c14-11-5-3-6-12(8-11)17-16-9-10-4-1-2-7-13(10)15/h1-9,17H/b16-9-. The van der Waals surface area contributed by atoms with E-state index in [9.17, 15) is 0 Å². The summed E-state index contributed by atoms with van der Waals surface area (Å²) in [5, 5.41) is 5.44. The fraction of sp³-hybridized carbons (Fsp3) is 0. The Hall–Kier alpha value is -1.51. The van der Waals surface area contributed by atoms with Crippen molar-refractivity contribution in [2.45, 2.75) is 0 Å². The van der Waals surface area contributed by atoms with E-state index in [0.717, 1.165) is 11.3 Å². The highest BCUT2D eigenvalue weighted by Gasteiger charge is 1.94. The lowest BCUT2D eigenvalue weighted by Crippen LogP contribution is -1.90. The highest BCUT2D eigenvalue weighted by molar-refractivity contribution is 6.33. The van der Waals surface area contributed by atoms with Crippen LogP contribution in [0.15, 0.2) is 53.6 Å². The summed E-state index contributed by atoms with van der Waals surface area (Å²) in [7, 11) is 0. The van der Waals surface area contributed by atoms with Crippen LogP contribution < -0.4 is 5.43 Å². The second-order valence-electron chi connectivity index (χ2n) is 3.40. The minimum absolute atomic E-state index is 0.669. The zero-order valence-corrected chi connectivity index (χ0v) is 10.4. The first-order valence-electron chi connectivity index (χ1n) is 5.05. The number of nitrogens with zero attached hydrogens (tertiary/aromatic N) is 1. The number of rotatable bonds is 3. The van der Waals surface area contributed by atoms with Gasteiger partial charge < -0.3 is 0 Å². The lowest BCUT2D eigenvalue weighted by Gasteiger charge is -2.00. The number of hydrogen-bond donors (Lipinski definition) is 1. The largest absolute Gasteiger partial charge is 0.278 e. The normalized spacial score (nSPS) is 10.7. The third-order valence-electron chi connectivity index (χ3n) is 2.13. The van der Waals surface area contributed by atoms with Gasteiger partial charge in [0.25, 0.3) is 0 Å². The van der Waals surface area contributed by atoms with Gasteiger partial charge in [0.15, 0.2) is 0 Å². The molecule has 2 rings (SSSR count). The molecule has 1 N–H and O–H groups in total. The van der Waals surface area contributed by atoms with Crippen LogP contribution in [-0.4, -0.2) is 6.21 Å². The number of anilines is 1. The Labute approximate surface area is 110 Å². The van der Waals surface area contributed by atoms with Crippen molar-refractivity contribution >= 4 is 35.1 Å². The minimum Gasteiger partial charge on any atom is -0.278 e. The smallest absolute Gasteiger partial charge is 0.0576 e. The quantitative estimate of drug-likeness (QED) is 0.644. The monoisotopic (exact) mass is 264 g/mol. The molecule has 0 heterocycles. The Morgan fingerprint density at radius 3 is 2.59 bits per heavy atom. The number of benzene rings is 2. The average molecular weight is 265 g/mol. The summed E-state index contributed by atoms with van der Waals surface area (Å²) in [4.78, 5) is 0. The van der Waals surface area contributed by atoms with Crippen LogP contribution in [0.1, 0.15) is 5.56 Å². The van der Waals surface area contributed by atoms with Crippen LogP contribution in [0.2, 0.25) is 10.0 Å². The summed E-state index contributed by atoms with van der Waals surface area (Å²) in [6, 6.07) is 14.9. The molecule has 4 heteroatoms. The van der Waals surface area contributed by atoms with Crippen LogP contribution >= 0.6 is 23.2 Å². The Balaban J connectivity index is 2.06. The second kappa shape index (κ2) is 5.71. The molecule has 0 aromatic heterocycles. The first kappa shape index (κ1) is 12.0. The van der Waals surface area contributed by atoms with E-state index in [-0.39, 0.29) is 0 Å². The third-order valence-corrected chi connectivity index (χ3v) is 2.71. The number of halogens is 2. The van der Waals surface area contributed by atoms with Crippen LogP contribution in [-0.2, 0) is 0 Å². The summed E-state index contributed by atoms with van der Waals surface area (Å²) in [5.74, 6) is 0. The highest BCUT2D eigenvalue weighted by Crippen LogP contribution is 2.15. The number of hydrazone groups is 1. The van der Waals surface area contributed by atoms with Crippen molar-refractivity contribution in [3.8, 4) is 0 Å². The summed E-state index contributed by atoms with van der Waals surface area (Å²) in [6.45, 7) is 0. The topological polar surface area (TPSA) is 24.4 Å². The zero-order valence-electron chi connectivity index (χ0n) is 8.90. The van der Waals surface area contributed by atoms with Gasteiger partial charge >= 0.3 is 0 Å². The van der Waals surface area contributed by atoms with Crippen molar-refractivity contribution < 1.29 is 0 Å². The average Bonchev–Trinajstić information content (AvgIpc) is 2.32. The van der Waals surface area contributed by atoms with Gasteiger partial charge in [-0.2, -0.15) is 5.10 Å². The Bertz CT molecular complexity index is 538. The maximum Gasteiger partial charge on any atom is 0.0576 e. The van der Waals surface area contributed by atoms with E-state index in [1.54, 1.807) is 12.3 Å². The van der Waals surface area contributed by atoms with E-state index >= 15 is 0 Å². The van der Waals surface area contributed by atoms with Gasteiger partial charge in [0, 0.05) is 15.6 Å². The molecule has 0 atom stereocenters. The molecule has 0 spiro atoms. The van der Waals surface area contributed by atoms with E-state index in [4.69, 9.17) is 23.2 Å². The predicted octanol–water partition coefficient (Wildman–Crippen LogP) is 4.44. The van der Waals surface area contributed by atoms with Crippen molar-refractivity contribution in [3.63, 3.8) is 0 Å². The first-order valence-corrected chi connectivity index (χ1v) is 5.80. The van der Waals surface area contributed by atoms with Gasteiger partial charge in [-0.15, -0.1) is 0 Å². The van der Waals surface area contributed by atoms with Crippen molar-refractivity contribution in [2.24, 2.45) is 5.10 Å². The summed E-state index contributed by atoms with van der Waals surface area (Å²) < 4.78 is 0. The van der Waals surface area contributed by atoms with Crippen LogP contribution in [0, 0.1) is 0 Å². The number of nitrogens with one attached hydrogen (secondary N) is 1. The predicted molar refractivity (Wildman–Crippen MR) is 74.1 cm³/mol. The van der Waals surface area contributed by atoms with Crippen molar-refractivity contribution in [1.29, 1.82) is 0 Å². The van der Waals surface area contributed by atoms with Crippen molar-refractivity contribution in [3.05, 3.63) is 64.1 Å². The van der Waals surface area contributed by atoms with Crippen molar-refractivity contribution in [1.82, 2.24) is 0 Å². The Morgan fingerprint density at radius 1 is 1.00 bits per heavy atom. The fourth-order valence-electron chi connectivity index (χ4n) is 1.31. The summed E-state index contributed by atoms with van der Waals surface area (Å²) in [6.07, 6.45) is 1.67. The zero-order chi connectivity index (χ0) is 12.1. The lowest BCUT2D eigenvalue weighted by molar-refractivity contribution is 1.35. The molecule has 0 amide bonds. The maximum atomic E-state index is 5.99. The molecule has 2 aromatic carbocycles. The lowest BCUT2D eigenvalue weighted by atomic mass is 10.2. The summed E-state index contributed by atoms with van der Waals surface area (Å²) >= 11 is 11.8. The van der Waals surface area contributed by atoms with Crippen LogP contribution in [0.4, 0.5) is 5.69 Å². The van der Waals surface area contributed by atoms with E-state index in [2.05, 4.69) is 10.5 Å². The van der Waals surface area contributed by atoms with Gasteiger partial charge in [0.2, 0.25) is 0 Å². The second-order valence-corrected chi connectivity index (χ2v) is 4.25. The minimum atomic E-state index is 0.669. The molecule has 2 nitrogen and oxygen atoms in total. The molecule has 2 aromatic rings. The van der Waals surface area contributed by atoms with Gasteiger partial charge in [-0.05, 0) is 24.3 Å². The SMILES string of the molecule is Clc1cccc(N/N=C\c2ccccc2Cl)c1. The molecule has 0 radical (unpaired) electrons. The maximum absolute atomic E-state index is 5.99. The molecule has 0 bridgehead atoms. The highest BCUT2D eigenvalue weighted by atomic mass is 35.5. The van der Waals surface area contributed by atoms with Crippen LogP contribution in [0.25, 0.3) is 0 Å². The molecule has 0 aliphatic rings. The van der Waals surface area contributed by atoms with Gasteiger partial charge in [-0.3, -0.25) is 5.43 Å². The molecule has 0 aliphatic heterocycles. The van der Waals surface area contributed by atoms with E-state index < -0.39 is 0 Å². The molecule has 0 unspecified atom stereocenters. The van der Waals surface area contributed by atoms with E-state index in [1.165, 1.54) is 0 Å². The van der Waals surface area contributed by atoms with Gasteiger partial charge in [0.1, 0.15) is 0 Å². The first-order chi connectivity index (χ1) is 8.25. The summed E-state index contributed by atoms with van der Waals surface area (Å²) in [5.41, 5.74) is 4.59. The van der Waals surface area contributed by atoms with E-state index in [0.29, 0.717) is 10.0 Å². The van der Waals surface area contributed by atoms with E-state index in [1.807, 2.05) is 42.5 Å². The van der Waals surface area contributed by atoms with Gasteiger partial charge in [0.05, 0.1) is 11.9 Å². The van der Waals surface area contributed by atoms with Gasteiger partial charge in [-0.1, -0.05) is 47.5 Å². The molecule has 17 heavy (non-hydrogen) atoms. The molecular weight excluding hydrogens is 255 g/mol. The number of hydrogen-bond acceptors (Lipinski definition) is 2. The van der Waals surface area contributed by atoms with Crippen LogP contribution in [0.5, 0.6) is 0 Å². The van der Waals surface area contributed by atoms with Crippen LogP contribution in [0.3, 0.4) is 0 Å². The fourth-order valence-corrected chi connectivity index (χ4v) is 1.69. The molecule has 86 valence electrons. The Kier molecular flexibility index (Phi) is 4.02. The van der Waals surface area contributed by atoms with Crippen molar-refractivity contribution in [2.75, 3.05) is 5.43 Å². The molecule has 0 aliphatic carbocycles. The molecule has 0 saturated carbocycles. The van der Waals surface area contributed by atoms with Gasteiger partial charge in [-0.25, -0.2) is 0 Å². The Morgan fingerprint density at radius 2 is 1.82 bits per heavy atom. The molecular formula is C13H10Cl2N2. The third kappa shape index (κ3) is 3.48. The molecule has 0 saturated heterocycles.